The molecule has 0 aliphatic carbocycles. The largest absolute Gasteiger partial charge is 0.479 e. The number of nitrogens with zero attached hydrogens (tertiary/aromatic N) is 1. The first-order chi connectivity index (χ1) is 4.74. The highest BCUT2D eigenvalue weighted by Gasteiger charge is 2.07. The summed E-state index contributed by atoms with van der Waals surface area (Å²) in [5.41, 5.74) is 0.583. The molecule has 1 atom stereocenters. The fourth-order valence-electron chi connectivity index (χ4n) is 0.568. The van der Waals surface area contributed by atoms with Crippen molar-refractivity contribution < 1.29 is 9.63 Å². The van der Waals surface area contributed by atoms with E-state index in [0.29, 0.717) is 5.69 Å². The molecule has 52 valence electrons. The number of hydrogen-bond donors (Lipinski definition) is 1. The van der Waals surface area contributed by atoms with Crippen LogP contribution < -0.4 is 0 Å². The fraction of sp³-hybridized carbons (Fsp3) is 0.286. The van der Waals surface area contributed by atoms with E-state index in [9.17, 15) is 0 Å². The van der Waals surface area contributed by atoms with Crippen LogP contribution >= 0.6 is 0 Å². The highest BCUT2D eigenvalue weighted by atomic mass is 16.5. The Morgan fingerprint density at radius 3 is 3.00 bits per heavy atom. The number of aromatic hydroxyl groups is 1. The van der Waals surface area contributed by atoms with Crippen LogP contribution in [0.25, 0.3) is 0 Å². The Balaban J connectivity index is 2.87. The molecule has 10 heavy (non-hydrogen) atoms. The molecular formula is C7H7NO2. The highest BCUT2D eigenvalue weighted by molar-refractivity contribution is 5.19. The van der Waals surface area contributed by atoms with Gasteiger partial charge in [0.25, 0.3) is 0 Å². The molecule has 1 unspecified atom stereocenters. The van der Waals surface area contributed by atoms with Crippen molar-refractivity contribution in [1.82, 2.24) is 5.16 Å². The number of terminal acetylenes is 1. The van der Waals surface area contributed by atoms with Crippen LogP contribution in [-0.4, -0.2) is 10.3 Å². The van der Waals surface area contributed by atoms with Crippen molar-refractivity contribution in [2.45, 2.75) is 12.8 Å². The summed E-state index contributed by atoms with van der Waals surface area (Å²) >= 11 is 0. The van der Waals surface area contributed by atoms with Gasteiger partial charge in [0.15, 0.2) is 0 Å². The highest BCUT2D eigenvalue weighted by Crippen LogP contribution is 2.17. The Kier molecular flexibility index (Phi) is 1.63. The van der Waals surface area contributed by atoms with Gasteiger partial charge in [-0.3, -0.25) is 0 Å². The molecule has 0 saturated heterocycles. The average Bonchev–Trinajstić information content (AvgIpc) is 2.34. The van der Waals surface area contributed by atoms with Gasteiger partial charge in [-0.05, 0) is 6.92 Å². The van der Waals surface area contributed by atoms with E-state index in [4.69, 9.17) is 11.5 Å². The van der Waals surface area contributed by atoms with Gasteiger partial charge >= 0.3 is 5.95 Å². The first-order valence-electron chi connectivity index (χ1n) is 2.85. The first kappa shape index (κ1) is 6.69. The summed E-state index contributed by atoms with van der Waals surface area (Å²) in [6, 6.07) is 1.41. The van der Waals surface area contributed by atoms with Crippen LogP contribution in [0.5, 0.6) is 5.95 Å². The molecule has 0 aliphatic rings. The maximum absolute atomic E-state index is 8.70. The second-order valence-corrected chi connectivity index (χ2v) is 1.98. The molecule has 1 heterocycles. The Labute approximate surface area is 58.6 Å². The van der Waals surface area contributed by atoms with Gasteiger partial charge in [-0.2, -0.15) is 0 Å². The summed E-state index contributed by atoms with van der Waals surface area (Å²) in [5, 5.41) is 12.2. The second-order valence-electron chi connectivity index (χ2n) is 1.98. The summed E-state index contributed by atoms with van der Waals surface area (Å²) in [7, 11) is 0. The van der Waals surface area contributed by atoms with Gasteiger partial charge in [0.05, 0.1) is 5.92 Å². The molecule has 0 bridgehead atoms. The van der Waals surface area contributed by atoms with E-state index in [2.05, 4.69) is 15.6 Å². The summed E-state index contributed by atoms with van der Waals surface area (Å²) in [4.78, 5) is 0. The lowest BCUT2D eigenvalue weighted by Gasteiger charge is -1.92. The zero-order valence-electron chi connectivity index (χ0n) is 5.53. The number of rotatable bonds is 1. The van der Waals surface area contributed by atoms with Gasteiger partial charge < -0.3 is 9.63 Å². The lowest BCUT2D eigenvalue weighted by atomic mass is 10.1. The molecule has 0 spiro atoms. The molecule has 3 nitrogen and oxygen atoms in total. The predicted molar refractivity (Wildman–Crippen MR) is 35.4 cm³/mol. The molecule has 0 radical (unpaired) electrons. The van der Waals surface area contributed by atoms with E-state index in [1.165, 1.54) is 6.07 Å². The molecule has 1 rings (SSSR count). The smallest absolute Gasteiger partial charge is 0.308 e. The van der Waals surface area contributed by atoms with Gasteiger partial charge in [0.2, 0.25) is 0 Å². The Bertz CT molecular complexity index is 259. The maximum atomic E-state index is 8.70. The standard InChI is InChI=1S/C7H7NO2/c1-3-5(2)6-4-7(9)10-8-6/h1,4-5,9H,2H3. The molecule has 0 fully saturated rings. The second kappa shape index (κ2) is 2.44. The van der Waals surface area contributed by atoms with Gasteiger partial charge in [-0.1, -0.05) is 11.1 Å². The lowest BCUT2D eigenvalue weighted by molar-refractivity contribution is 0.276. The Morgan fingerprint density at radius 1 is 1.90 bits per heavy atom. The van der Waals surface area contributed by atoms with E-state index in [-0.39, 0.29) is 11.9 Å². The Morgan fingerprint density at radius 2 is 2.60 bits per heavy atom. The Hall–Kier alpha value is -1.43. The fourth-order valence-corrected chi connectivity index (χ4v) is 0.568. The molecule has 0 saturated carbocycles. The van der Waals surface area contributed by atoms with Crippen LogP contribution in [0.4, 0.5) is 0 Å². The van der Waals surface area contributed by atoms with Crippen molar-refractivity contribution in [3.63, 3.8) is 0 Å². The van der Waals surface area contributed by atoms with Gasteiger partial charge in [-0.25, -0.2) is 0 Å². The van der Waals surface area contributed by atoms with Crippen molar-refractivity contribution in [3.05, 3.63) is 11.8 Å². The van der Waals surface area contributed by atoms with Crippen LogP contribution in [0, 0.1) is 12.3 Å². The van der Waals surface area contributed by atoms with Gasteiger partial charge in [0.1, 0.15) is 5.69 Å². The van der Waals surface area contributed by atoms with E-state index >= 15 is 0 Å². The molecule has 3 heteroatoms. The van der Waals surface area contributed by atoms with Crippen LogP contribution in [0.15, 0.2) is 10.6 Å². The minimum atomic E-state index is -0.197. The van der Waals surface area contributed by atoms with Gasteiger partial charge in [0, 0.05) is 6.07 Å². The lowest BCUT2D eigenvalue weighted by Crippen LogP contribution is -1.87. The summed E-state index contributed by atoms with van der Waals surface area (Å²) in [6.07, 6.45) is 5.10. The summed E-state index contributed by atoms with van der Waals surface area (Å²) in [5.74, 6) is 2.16. The van der Waals surface area contributed by atoms with Crippen molar-refractivity contribution >= 4 is 0 Å². The quantitative estimate of drug-likeness (QED) is 0.590. The molecule has 1 N–H and O–H groups in total. The molecule has 1 aromatic heterocycles. The minimum absolute atomic E-state index is 0.107. The van der Waals surface area contributed by atoms with Crippen molar-refractivity contribution in [1.29, 1.82) is 0 Å². The first-order valence-corrected chi connectivity index (χ1v) is 2.85. The molecular weight excluding hydrogens is 130 g/mol. The monoisotopic (exact) mass is 137 g/mol. The number of hydrogen-bond acceptors (Lipinski definition) is 3. The maximum Gasteiger partial charge on any atom is 0.308 e. The molecule has 0 aliphatic heterocycles. The predicted octanol–water partition coefficient (Wildman–Crippen LogP) is 1.12. The van der Waals surface area contributed by atoms with E-state index < -0.39 is 0 Å². The third-order valence-corrected chi connectivity index (χ3v) is 1.21. The van der Waals surface area contributed by atoms with E-state index in [1.54, 1.807) is 6.92 Å². The minimum Gasteiger partial charge on any atom is -0.479 e. The topological polar surface area (TPSA) is 46.3 Å². The van der Waals surface area contributed by atoms with Crippen LogP contribution in [0.3, 0.4) is 0 Å². The van der Waals surface area contributed by atoms with Crippen LogP contribution in [0.2, 0.25) is 0 Å². The van der Waals surface area contributed by atoms with E-state index in [0.717, 1.165) is 0 Å². The molecule has 1 aromatic rings. The summed E-state index contributed by atoms with van der Waals surface area (Å²) < 4.78 is 4.40. The normalized spacial score (nSPS) is 12.4. The SMILES string of the molecule is C#CC(C)c1cc(O)on1. The number of aromatic nitrogens is 1. The van der Waals surface area contributed by atoms with E-state index in [1.807, 2.05) is 0 Å². The molecule has 0 aromatic carbocycles. The van der Waals surface area contributed by atoms with Gasteiger partial charge in [-0.15, -0.1) is 6.42 Å². The zero-order valence-corrected chi connectivity index (χ0v) is 5.53. The molecule has 0 amide bonds. The van der Waals surface area contributed by atoms with Crippen LogP contribution in [0.1, 0.15) is 18.5 Å². The average molecular weight is 137 g/mol. The third kappa shape index (κ3) is 1.11. The van der Waals surface area contributed by atoms with Crippen LogP contribution in [-0.2, 0) is 0 Å². The van der Waals surface area contributed by atoms with Crippen molar-refractivity contribution in [2.24, 2.45) is 0 Å². The summed E-state index contributed by atoms with van der Waals surface area (Å²) in [6.45, 7) is 1.80. The zero-order chi connectivity index (χ0) is 7.56. The van der Waals surface area contributed by atoms with Crippen molar-refractivity contribution in [2.75, 3.05) is 0 Å². The third-order valence-electron chi connectivity index (χ3n) is 1.21. The van der Waals surface area contributed by atoms with Crippen molar-refractivity contribution in [3.8, 4) is 18.3 Å².